The van der Waals surface area contributed by atoms with E-state index < -0.39 is 23.2 Å². The van der Waals surface area contributed by atoms with E-state index in [2.05, 4.69) is 15.3 Å². The molecule has 0 bridgehead atoms. The SMILES string of the molecule is CN(CCC(=O)Nc1c(F)cccc1F)c1ncnc2sc(-c3ccccc3)cc12. The number of hydrogen-bond donors (Lipinski definition) is 1. The lowest BCUT2D eigenvalue weighted by molar-refractivity contribution is -0.116. The second kappa shape index (κ2) is 8.54. The van der Waals surface area contributed by atoms with Crippen molar-refractivity contribution in [2.45, 2.75) is 6.42 Å². The number of nitrogens with one attached hydrogen (secondary N) is 1. The minimum Gasteiger partial charge on any atom is -0.359 e. The molecule has 4 rings (SSSR count). The number of thiophene rings is 1. The Bertz CT molecular complexity index is 1180. The fourth-order valence-corrected chi connectivity index (χ4v) is 4.09. The van der Waals surface area contributed by atoms with Crippen molar-refractivity contribution in [2.24, 2.45) is 0 Å². The number of fused-ring (bicyclic) bond motifs is 1. The molecule has 0 aliphatic rings. The molecule has 4 aromatic rings. The lowest BCUT2D eigenvalue weighted by Gasteiger charge is -2.18. The monoisotopic (exact) mass is 424 g/mol. The second-order valence-corrected chi connectivity index (χ2v) is 7.74. The molecule has 0 atom stereocenters. The average molecular weight is 424 g/mol. The molecule has 0 saturated heterocycles. The summed E-state index contributed by atoms with van der Waals surface area (Å²) >= 11 is 1.57. The highest BCUT2D eigenvalue weighted by Crippen LogP contribution is 2.35. The number of benzene rings is 2. The molecule has 0 fully saturated rings. The Morgan fingerprint density at radius 2 is 1.80 bits per heavy atom. The van der Waals surface area contributed by atoms with E-state index in [9.17, 15) is 13.6 Å². The van der Waals surface area contributed by atoms with Gasteiger partial charge in [0.1, 0.15) is 34.3 Å². The van der Waals surface area contributed by atoms with Gasteiger partial charge in [-0.2, -0.15) is 0 Å². The second-order valence-electron chi connectivity index (χ2n) is 6.71. The molecule has 152 valence electrons. The summed E-state index contributed by atoms with van der Waals surface area (Å²) in [4.78, 5) is 24.7. The molecule has 0 aliphatic heterocycles. The number of carbonyl (C=O) groups is 1. The van der Waals surface area contributed by atoms with Crippen molar-refractivity contribution in [1.29, 1.82) is 0 Å². The summed E-state index contributed by atoms with van der Waals surface area (Å²) in [5.41, 5.74) is 0.667. The molecule has 2 aromatic heterocycles. The van der Waals surface area contributed by atoms with Crippen LogP contribution in [-0.4, -0.2) is 29.5 Å². The molecule has 0 radical (unpaired) electrons. The first-order valence-corrected chi connectivity index (χ1v) is 10.1. The van der Waals surface area contributed by atoms with Gasteiger partial charge < -0.3 is 10.2 Å². The third-order valence-corrected chi connectivity index (χ3v) is 5.72. The van der Waals surface area contributed by atoms with E-state index in [1.165, 1.54) is 12.4 Å². The van der Waals surface area contributed by atoms with Gasteiger partial charge in [-0.3, -0.25) is 4.79 Å². The third-order valence-electron chi connectivity index (χ3n) is 4.63. The summed E-state index contributed by atoms with van der Waals surface area (Å²) in [7, 11) is 1.82. The molecule has 0 unspecified atom stereocenters. The maximum Gasteiger partial charge on any atom is 0.226 e. The minimum absolute atomic E-state index is 0.0471. The first-order valence-electron chi connectivity index (χ1n) is 9.28. The van der Waals surface area contributed by atoms with Crippen molar-refractivity contribution < 1.29 is 13.6 Å². The van der Waals surface area contributed by atoms with Gasteiger partial charge in [-0.15, -0.1) is 11.3 Å². The van der Waals surface area contributed by atoms with E-state index >= 15 is 0 Å². The van der Waals surface area contributed by atoms with Crippen LogP contribution in [0.5, 0.6) is 0 Å². The van der Waals surface area contributed by atoms with Gasteiger partial charge in [0.25, 0.3) is 0 Å². The number of nitrogens with zero attached hydrogens (tertiary/aromatic N) is 3. The van der Waals surface area contributed by atoms with Crippen LogP contribution in [0.3, 0.4) is 0 Å². The van der Waals surface area contributed by atoms with Crippen LogP contribution in [-0.2, 0) is 4.79 Å². The molecule has 0 aliphatic carbocycles. The fraction of sp³-hybridized carbons (Fsp3) is 0.136. The van der Waals surface area contributed by atoms with Crippen LogP contribution in [0.4, 0.5) is 20.3 Å². The van der Waals surface area contributed by atoms with E-state index in [0.29, 0.717) is 12.4 Å². The number of para-hydroxylation sites is 1. The Balaban J connectivity index is 1.49. The zero-order valence-corrected chi connectivity index (χ0v) is 16.9. The number of amides is 1. The van der Waals surface area contributed by atoms with Gasteiger partial charge in [-0.25, -0.2) is 18.7 Å². The van der Waals surface area contributed by atoms with Crippen LogP contribution < -0.4 is 10.2 Å². The third kappa shape index (κ3) is 4.13. The fourth-order valence-electron chi connectivity index (χ4n) is 3.09. The molecular formula is C22H18F2N4OS. The predicted octanol–water partition coefficient (Wildman–Crippen LogP) is 5.10. The molecular weight excluding hydrogens is 406 g/mol. The van der Waals surface area contributed by atoms with Crippen molar-refractivity contribution in [3.05, 3.63) is 72.6 Å². The van der Waals surface area contributed by atoms with Crippen LogP contribution in [0.15, 0.2) is 60.9 Å². The number of rotatable bonds is 6. The smallest absolute Gasteiger partial charge is 0.226 e. The van der Waals surface area contributed by atoms with Crippen LogP contribution in [0.25, 0.3) is 20.7 Å². The highest BCUT2D eigenvalue weighted by atomic mass is 32.1. The van der Waals surface area contributed by atoms with Gasteiger partial charge in [-0.1, -0.05) is 36.4 Å². The van der Waals surface area contributed by atoms with Gasteiger partial charge in [0.15, 0.2) is 0 Å². The molecule has 1 N–H and O–H groups in total. The topological polar surface area (TPSA) is 58.1 Å². The van der Waals surface area contributed by atoms with Gasteiger partial charge in [0.2, 0.25) is 5.91 Å². The average Bonchev–Trinajstić information content (AvgIpc) is 3.20. The van der Waals surface area contributed by atoms with E-state index in [1.54, 1.807) is 11.3 Å². The van der Waals surface area contributed by atoms with Gasteiger partial charge in [0, 0.05) is 24.9 Å². The summed E-state index contributed by atoms with van der Waals surface area (Å²) in [5, 5.41) is 3.19. The van der Waals surface area contributed by atoms with Crippen LogP contribution in [0.1, 0.15) is 6.42 Å². The molecule has 8 heteroatoms. The standard InChI is InChI=1S/C22H18F2N4OS/c1-28(11-10-19(29)27-20-16(23)8-5-9-17(20)24)21-15-12-18(14-6-3-2-4-7-14)30-22(15)26-13-25-21/h2-9,12-13H,10-11H2,1H3,(H,27,29). The Labute approximate surface area is 176 Å². The molecule has 2 aromatic carbocycles. The maximum atomic E-state index is 13.7. The van der Waals surface area contributed by atoms with Crippen LogP contribution >= 0.6 is 11.3 Å². The molecule has 0 spiro atoms. The van der Waals surface area contributed by atoms with Crippen molar-refractivity contribution in [3.8, 4) is 10.4 Å². The van der Waals surface area contributed by atoms with E-state index in [0.717, 1.165) is 32.8 Å². The largest absolute Gasteiger partial charge is 0.359 e. The summed E-state index contributed by atoms with van der Waals surface area (Å²) in [5.74, 6) is -1.39. The number of anilines is 2. The zero-order chi connectivity index (χ0) is 21.1. The zero-order valence-electron chi connectivity index (χ0n) is 16.1. The van der Waals surface area contributed by atoms with Crippen molar-refractivity contribution in [2.75, 3.05) is 23.8 Å². The number of halogens is 2. The Morgan fingerprint density at radius 1 is 1.07 bits per heavy atom. The normalized spacial score (nSPS) is 10.9. The summed E-state index contributed by atoms with van der Waals surface area (Å²) in [6.07, 6.45) is 1.54. The lowest BCUT2D eigenvalue weighted by atomic mass is 10.2. The number of carbonyl (C=O) groups excluding carboxylic acids is 1. The molecule has 5 nitrogen and oxygen atoms in total. The summed E-state index contributed by atoms with van der Waals surface area (Å²) in [6.45, 7) is 0.324. The highest BCUT2D eigenvalue weighted by Gasteiger charge is 2.16. The van der Waals surface area contributed by atoms with Gasteiger partial charge >= 0.3 is 0 Å². The van der Waals surface area contributed by atoms with E-state index in [1.807, 2.05) is 48.3 Å². The predicted molar refractivity (Wildman–Crippen MR) is 116 cm³/mol. The summed E-state index contributed by atoms with van der Waals surface area (Å²) < 4.78 is 27.4. The van der Waals surface area contributed by atoms with Gasteiger partial charge in [-0.05, 0) is 23.8 Å². The van der Waals surface area contributed by atoms with Crippen molar-refractivity contribution >= 4 is 39.0 Å². The highest BCUT2D eigenvalue weighted by molar-refractivity contribution is 7.21. The van der Waals surface area contributed by atoms with E-state index in [-0.39, 0.29) is 6.42 Å². The van der Waals surface area contributed by atoms with E-state index in [4.69, 9.17) is 0 Å². The Hall–Kier alpha value is -3.39. The molecule has 2 heterocycles. The lowest BCUT2D eigenvalue weighted by Crippen LogP contribution is -2.25. The first-order chi connectivity index (χ1) is 14.5. The maximum absolute atomic E-state index is 13.7. The molecule has 30 heavy (non-hydrogen) atoms. The Kier molecular flexibility index (Phi) is 5.67. The molecule has 1 amide bonds. The molecule has 0 saturated carbocycles. The minimum atomic E-state index is -0.805. The number of aromatic nitrogens is 2. The first kappa shape index (κ1) is 19.9. The van der Waals surface area contributed by atoms with Gasteiger partial charge in [0.05, 0.1) is 5.39 Å². The van der Waals surface area contributed by atoms with Crippen LogP contribution in [0.2, 0.25) is 0 Å². The number of hydrogen-bond acceptors (Lipinski definition) is 5. The quantitative estimate of drug-likeness (QED) is 0.468. The van der Waals surface area contributed by atoms with Crippen molar-refractivity contribution in [3.63, 3.8) is 0 Å². The van der Waals surface area contributed by atoms with Crippen LogP contribution in [0, 0.1) is 11.6 Å². The summed E-state index contributed by atoms with van der Waals surface area (Å²) in [6, 6.07) is 15.5. The van der Waals surface area contributed by atoms with Crippen molar-refractivity contribution in [1.82, 2.24) is 9.97 Å². The Morgan fingerprint density at radius 3 is 2.53 bits per heavy atom.